The largest absolute Gasteiger partial charge is 0.481 e. The van der Waals surface area contributed by atoms with Gasteiger partial charge in [0.15, 0.2) is 6.10 Å². The van der Waals surface area contributed by atoms with Crippen molar-refractivity contribution in [2.75, 3.05) is 25.9 Å². The van der Waals surface area contributed by atoms with E-state index in [-0.39, 0.29) is 54.3 Å². The van der Waals surface area contributed by atoms with Gasteiger partial charge in [-0.2, -0.15) is 0 Å². The molecule has 1 saturated heterocycles. The number of esters is 1. The zero-order valence-corrected chi connectivity index (χ0v) is 37.2. The van der Waals surface area contributed by atoms with Crippen LogP contribution >= 0.6 is 11.3 Å². The number of hydrogen-bond donors (Lipinski definition) is 4. The minimum Gasteiger partial charge on any atom is -0.481 e. The topological polar surface area (TPSA) is 184 Å². The maximum absolute atomic E-state index is 14.9. The third kappa shape index (κ3) is 14.4. The van der Waals surface area contributed by atoms with Gasteiger partial charge in [0.05, 0.1) is 11.5 Å². The Kier molecular flexibility index (Phi) is 19.1. The Hall–Kier alpha value is -4.04. The van der Waals surface area contributed by atoms with Crippen LogP contribution in [0.25, 0.3) is 0 Å². The van der Waals surface area contributed by atoms with E-state index in [1.165, 1.54) is 18.3 Å². The van der Waals surface area contributed by atoms with Crippen molar-refractivity contribution in [3.8, 4) is 0 Å². The van der Waals surface area contributed by atoms with E-state index in [4.69, 9.17) is 10.5 Å². The standard InChI is InChI=1S/C44H70N6O7S/c1-10-12-13-15-23-50(42(54)38(29(5)11-2)48-40(53)35-17-14-16-22-49(35)9)36(28(3)4)25-37(57-30(6)51)41-47-34(27-58-41)39(52)46-33(26-44(7,8)43(55)56)24-31-18-20-32(45)21-19-31/h18-21,27-29,33,35-38H,10-17,22-26,45H2,1-9H3,(H,46,52)(H,48,53)(H,55,56)/t29-,33-,35+,36+,37?,38-/m0/s1. The molecule has 1 aliphatic heterocycles. The summed E-state index contributed by atoms with van der Waals surface area (Å²) in [7, 11) is 1.96. The lowest BCUT2D eigenvalue weighted by Gasteiger charge is -2.40. The number of nitrogen functional groups attached to an aromatic ring is 1. The number of unbranched alkanes of at least 4 members (excludes halogenated alkanes) is 3. The number of rotatable bonds is 23. The number of carbonyl (C=O) groups excluding carboxylic acids is 4. The normalized spacial score (nSPS) is 17.4. The molecule has 1 aromatic carbocycles. The van der Waals surface area contributed by atoms with Gasteiger partial charge in [0.25, 0.3) is 5.91 Å². The van der Waals surface area contributed by atoms with E-state index < -0.39 is 41.4 Å². The number of hydrogen-bond acceptors (Lipinski definition) is 10. The van der Waals surface area contributed by atoms with Gasteiger partial charge < -0.3 is 31.1 Å². The highest BCUT2D eigenvalue weighted by Gasteiger charge is 2.39. The number of nitrogens with zero attached hydrogens (tertiary/aromatic N) is 3. The first-order chi connectivity index (χ1) is 27.4. The number of nitrogens with two attached hydrogens (primary N) is 1. The number of likely N-dealkylation sites (N-methyl/N-ethyl adjacent to an activating group) is 1. The first-order valence-electron chi connectivity index (χ1n) is 21.2. The van der Waals surface area contributed by atoms with Crippen molar-refractivity contribution in [2.24, 2.45) is 17.3 Å². The molecule has 0 aliphatic carbocycles. The number of ether oxygens (including phenoxy) is 1. The number of aromatic nitrogens is 1. The highest BCUT2D eigenvalue weighted by atomic mass is 32.1. The number of carbonyl (C=O) groups is 5. The van der Waals surface area contributed by atoms with Gasteiger partial charge in [0.2, 0.25) is 11.8 Å². The molecule has 2 heterocycles. The second-order valence-electron chi connectivity index (χ2n) is 17.2. The smallest absolute Gasteiger partial charge is 0.309 e. The average Bonchev–Trinajstić information content (AvgIpc) is 3.67. The van der Waals surface area contributed by atoms with Crippen molar-refractivity contribution in [3.05, 3.63) is 45.9 Å². The molecule has 0 saturated carbocycles. The molecule has 5 N–H and O–H groups in total. The van der Waals surface area contributed by atoms with Crippen LogP contribution in [0.15, 0.2) is 29.6 Å². The fourth-order valence-corrected chi connectivity index (χ4v) is 8.50. The van der Waals surface area contributed by atoms with Crippen molar-refractivity contribution in [1.29, 1.82) is 0 Å². The van der Waals surface area contributed by atoms with E-state index >= 15 is 0 Å². The van der Waals surface area contributed by atoms with Crippen LogP contribution in [-0.4, -0.2) is 93.9 Å². The van der Waals surface area contributed by atoms with Crippen molar-refractivity contribution < 1.29 is 33.8 Å². The van der Waals surface area contributed by atoms with Crippen LogP contribution in [0.1, 0.15) is 147 Å². The lowest BCUT2D eigenvalue weighted by atomic mass is 9.84. The number of thiazole rings is 1. The summed E-state index contributed by atoms with van der Waals surface area (Å²) in [4.78, 5) is 75.7. The van der Waals surface area contributed by atoms with Gasteiger partial charge in [-0.15, -0.1) is 11.3 Å². The highest BCUT2D eigenvalue weighted by Crippen LogP contribution is 2.32. The second kappa shape index (κ2) is 22.9. The summed E-state index contributed by atoms with van der Waals surface area (Å²) in [6.45, 7) is 16.1. The lowest BCUT2D eigenvalue weighted by Crippen LogP contribution is -2.59. The fourth-order valence-electron chi connectivity index (χ4n) is 7.66. The van der Waals surface area contributed by atoms with Crippen LogP contribution in [0.3, 0.4) is 0 Å². The van der Waals surface area contributed by atoms with Crippen molar-refractivity contribution in [2.45, 2.75) is 156 Å². The number of likely N-dealkylation sites (tertiary alicyclic amines) is 1. The summed E-state index contributed by atoms with van der Waals surface area (Å²) in [6, 6.07) is 5.30. The van der Waals surface area contributed by atoms with E-state index in [1.54, 1.807) is 31.4 Å². The van der Waals surface area contributed by atoms with Crippen LogP contribution < -0.4 is 16.4 Å². The third-order valence-corrected chi connectivity index (χ3v) is 12.4. The second-order valence-corrected chi connectivity index (χ2v) is 18.1. The molecule has 0 spiro atoms. The molecular weight excluding hydrogens is 757 g/mol. The van der Waals surface area contributed by atoms with Crippen LogP contribution in [0.2, 0.25) is 0 Å². The van der Waals surface area contributed by atoms with Gasteiger partial charge >= 0.3 is 11.9 Å². The first-order valence-corrected chi connectivity index (χ1v) is 22.1. The summed E-state index contributed by atoms with van der Waals surface area (Å²) in [5, 5.41) is 18.1. The van der Waals surface area contributed by atoms with E-state index in [1.807, 2.05) is 51.8 Å². The summed E-state index contributed by atoms with van der Waals surface area (Å²) in [6.07, 6.45) is 7.18. The quantitative estimate of drug-likeness (QED) is 0.0517. The summed E-state index contributed by atoms with van der Waals surface area (Å²) in [5.41, 5.74) is 6.37. The number of anilines is 1. The maximum Gasteiger partial charge on any atom is 0.309 e. The molecule has 3 rings (SSSR count). The molecule has 14 heteroatoms. The molecule has 3 amide bonds. The van der Waals surface area contributed by atoms with E-state index in [2.05, 4.69) is 27.4 Å². The minimum absolute atomic E-state index is 0.0552. The van der Waals surface area contributed by atoms with Crippen LogP contribution in [0, 0.1) is 17.3 Å². The minimum atomic E-state index is -1.12. The van der Waals surface area contributed by atoms with Gasteiger partial charge in [-0.3, -0.25) is 28.9 Å². The molecule has 13 nitrogen and oxygen atoms in total. The Balaban J connectivity index is 1.94. The lowest BCUT2D eigenvalue weighted by molar-refractivity contribution is -0.150. The molecule has 0 radical (unpaired) electrons. The molecule has 1 aliphatic rings. The first kappa shape index (κ1) is 48.3. The molecular formula is C44H70N6O7S. The number of aliphatic carboxylic acids is 1. The Morgan fingerprint density at radius 3 is 2.33 bits per heavy atom. The molecule has 58 heavy (non-hydrogen) atoms. The molecule has 2 aromatic rings. The number of piperidine rings is 1. The number of nitrogens with one attached hydrogen (secondary N) is 2. The highest BCUT2D eigenvalue weighted by molar-refractivity contribution is 7.09. The fraction of sp³-hybridized carbons (Fsp3) is 0.682. The Morgan fingerprint density at radius 2 is 1.74 bits per heavy atom. The Labute approximate surface area is 350 Å². The average molecular weight is 827 g/mol. The SMILES string of the molecule is CCCCCCN(C(=O)[C@@H](NC(=O)[C@H]1CCCCN1C)[C@@H](C)CC)[C@H](CC(OC(C)=O)c1nc(C(=O)N[C@@H](Cc2ccc(N)cc2)CC(C)(C)C(=O)O)cs1)C(C)C. The van der Waals surface area contributed by atoms with Gasteiger partial charge in [0.1, 0.15) is 16.7 Å². The van der Waals surface area contributed by atoms with Gasteiger partial charge in [-0.25, -0.2) is 4.98 Å². The molecule has 1 unspecified atom stereocenters. The summed E-state index contributed by atoms with van der Waals surface area (Å²) < 4.78 is 5.92. The number of benzene rings is 1. The van der Waals surface area contributed by atoms with E-state index in [9.17, 15) is 29.1 Å². The molecule has 324 valence electrons. The van der Waals surface area contributed by atoms with Crippen LogP contribution in [-0.2, 0) is 30.3 Å². The number of amides is 3. The van der Waals surface area contributed by atoms with Crippen LogP contribution in [0.5, 0.6) is 0 Å². The molecule has 1 aromatic heterocycles. The van der Waals surface area contributed by atoms with Crippen LogP contribution in [0.4, 0.5) is 5.69 Å². The molecule has 0 bridgehead atoms. The van der Waals surface area contributed by atoms with E-state index in [0.717, 1.165) is 57.1 Å². The zero-order valence-electron chi connectivity index (χ0n) is 36.3. The maximum atomic E-state index is 14.9. The van der Waals surface area contributed by atoms with Crippen molar-refractivity contribution >= 4 is 46.7 Å². The summed E-state index contributed by atoms with van der Waals surface area (Å²) >= 11 is 1.19. The third-order valence-electron chi connectivity index (χ3n) is 11.5. The zero-order chi connectivity index (χ0) is 43.2. The van der Waals surface area contributed by atoms with Gasteiger partial charge in [-0.05, 0) is 89.1 Å². The number of carboxylic acids is 1. The van der Waals surface area contributed by atoms with Gasteiger partial charge in [-0.1, -0.05) is 78.9 Å². The van der Waals surface area contributed by atoms with Crippen molar-refractivity contribution in [3.63, 3.8) is 0 Å². The van der Waals surface area contributed by atoms with E-state index in [0.29, 0.717) is 30.1 Å². The Morgan fingerprint density at radius 1 is 1.05 bits per heavy atom. The predicted molar refractivity (Wildman–Crippen MR) is 229 cm³/mol. The predicted octanol–water partition coefficient (Wildman–Crippen LogP) is 7.01. The monoisotopic (exact) mass is 827 g/mol. The van der Waals surface area contributed by atoms with Crippen molar-refractivity contribution in [1.82, 2.24) is 25.4 Å². The Bertz CT molecular complexity index is 1650. The summed E-state index contributed by atoms with van der Waals surface area (Å²) in [5.74, 6) is -2.41. The molecule has 6 atom stereocenters. The molecule has 1 fully saturated rings. The van der Waals surface area contributed by atoms with Gasteiger partial charge in [0, 0.05) is 43.0 Å². The number of carboxylic acid groups (broad SMARTS) is 1.